The van der Waals surface area contributed by atoms with E-state index in [0.29, 0.717) is 0 Å². The number of nitrogens with zero attached hydrogens (tertiary/aromatic N) is 2. The average Bonchev–Trinajstić information content (AvgIpc) is 2.67. The molecular formula is C12H13BrN2O. The molecule has 2 aromatic rings. The van der Waals surface area contributed by atoms with Crippen molar-refractivity contribution in [2.24, 2.45) is 7.05 Å². The predicted molar refractivity (Wildman–Crippen MR) is 66.1 cm³/mol. The molecule has 1 atom stereocenters. The van der Waals surface area contributed by atoms with Gasteiger partial charge in [0.15, 0.2) is 0 Å². The summed E-state index contributed by atoms with van der Waals surface area (Å²) >= 11 is 3.45. The first-order valence-corrected chi connectivity index (χ1v) is 5.81. The van der Waals surface area contributed by atoms with E-state index in [1.54, 1.807) is 10.9 Å². The lowest BCUT2D eigenvalue weighted by molar-refractivity contribution is 0.209. The summed E-state index contributed by atoms with van der Waals surface area (Å²) < 4.78 is 2.59. The summed E-state index contributed by atoms with van der Waals surface area (Å²) in [5.74, 6) is 0. The molecule has 0 aliphatic heterocycles. The summed E-state index contributed by atoms with van der Waals surface area (Å²) in [6.07, 6.45) is 1.03. The van der Waals surface area contributed by atoms with Gasteiger partial charge in [-0.25, -0.2) is 0 Å². The topological polar surface area (TPSA) is 38.1 Å². The molecule has 0 aliphatic rings. The predicted octanol–water partition coefficient (Wildman–Crippen LogP) is 2.57. The number of aromatic nitrogens is 2. The molecule has 0 spiro atoms. The fraction of sp³-hybridized carbons (Fsp3) is 0.250. The minimum Gasteiger partial charge on any atom is -0.382 e. The van der Waals surface area contributed by atoms with Crippen LogP contribution in [0, 0.1) is 6.92 Å². The molecule has 0 saturated carbocycles. The Morgan fingerprint density at radius 3 is 2.75 bits per heavy atom. The highest BCUT2D eigenvalue weighted by molar-refractivity contribution is 9.10. The average molecular weight is 281 g/mol. The minimum atomic E-state index is -0.651. The van der Waals surface area contributed by atoms with E-state index in [1.165, 1.54) is 0 Å². The van der Waals surface area contributed by atoms with Crippen LogP contribution in [-0.2, 0) is 7.05 Å². The Hall–Kier alpha value is -1.13. The Morgan fingerprint density at radius 2 is 2.12 bits per heavy atom. The second-order valence-electron chi connectivity index (χ2n) is 3.81. The maximum Gasteiger partial charge on any atom is 0.122 e. The van der Waals surface area contributed by atoms with Crippen molar-refractivity contribution in [2.45, 2.75) is 13.0 Å². The van der Waals surface area contributed by atoms with Crippen molar-refractivity contribution >= 4 is 15.9 Å². The monoisotopic (exact) mass is 280 g/mol. The molecule has 2 rings (SSSR count). The first-order chi connectivity index (χ1) is 7.59. The lowest BCUT2D eigenvalue weighted by Crippen LogP contribution is -2.07. The summed E-state index contributed by atoms with van der Waals surface area (Å²) in [6, 6.07) is 7.75. The highest BCUT2D eigenvalue weighted by Gasteiger charge is 2.16. The number of benzene rings is 1. The normalized spacial score (nSPS) is 12.8. The molecule has 0 radical (unpaired) electrons. The van der Waals surface area contributed by atoms with Crippen molar-refractivity contribution in [2.75, 3.05) is 0 Å². The van der Waals surface area contributed by atoms with Crippen LogP contribution in [0.1, 0.15) is 22.9 Å². The molecule has 1 aromatic carbocycles. The van der Waals surface area contributed by atoms with Gasteiger partial charge in [-0.2, -0.15) is 5.10 Å². The standard InChI is InChI=1S/C12H13BrN2O/c1-8-3-4-10(13)9(7-8)12(16)11-5-6-14-15(11)2/h3-7,12,16H,1-2H3. The van der Waals surface area contributed by atoms with Crippen LogP contribution < -0.4 is 0 Å². The van der Waals surface area contributed by atoms with E-state index < -0.39 is 6.10 Å². The number of rotatable bonds is 2. The second-order valence-corrected chi connectivity index (χ2v) is 4.66. The van der Waals surface area contributed by atoms with E-state index in [1.807, 2.05) is 38.2 Å². The molecule has 1 aromatic heterocycles. The van der Waals surface area contributed by atoms with E-state index in [9.17, 15) is 5.11 Å². The van der Waals surface area contributed by atoms with Crippen LogP contribution in [0.15, 0.2) is 34.9 Å². The van der Waals surface area contributed by atoms with Crippen LogP contribution in [0.2, 0.25) is 0 Å². The summed E-state index contributed by atoms with van der Waals surface area (Å²) in [7, 11) is 1.82. The summed E-state index contributed by atoms with van der Waals surface area (Å²) in [5.41, 5.74) is 2.77. The zero-order valence-electron chi connectivity index (χ0n) is 9.18. The lowest BCUT2D eigenvalue weighted by Gasteiger charge is -2.13. The molecule has 0 saturated heterocycles. The van der Waals surface area contributed by atoms with E-state index >= 15 is 0 Å². The molecule has 1 N–H and O–H groups in total. The number of aryl methyl sites for hydroxylation is 2. The van der Waals surface area contributed by atoms with Crippen molar-refractivity contribution in [1.29, 1.82) is 0 Å². The van der Waals surface area contributed by atoms with Gasteiger partial charge in [0.05, 0.1) is 5.69 Å². The van der Waals surface area contributed by atoms with Crippen molar-refractivity contribution < 1.29 is 5.11 Å². The van der Waals surface area contributed by atoms with Gasteiger partial charge in [-0.05, 0) is 19.1 Å². The van der Waals surface area contributed by atoms with Crippen LogP contribution >= 0.6 is 15.9 Å². The lowest BCUT2D eigenvalue weighted by atomic mass is 10.0. The van der Waals surface area contributed by atoms with Gasteiger partial charge < -0.3 is 5.11 Å². The van der Waals surface area contributed by atoms with E-state index in [2.05, 4.69) is 21.0 Å². The zero-order valence-corrected chi connectivity index (χ0v) is 10.8. The molecule has 0 fully saturated rings. The van der Waals surface area contributed by atoms with Gasteiger partial charge in [-0.3, -0.25) is 4.68 Å². The summed E-state index contributed by atoms with van der Waals surface area (Å²) in [4.78, 5) is 0. The Morgan fingerprint density at radius 1 is 1.38 bits per heavy atom. The maximum absolute atomic E-state index is 10.3. The molecule has 0 amide bonds. The fourth-order valence-electron chi connectivity index (χ4n) is 1.68. The molecule has 0 aliphatic carbocycles. The molecule has 3 nitrogen and oxygen atoms in total. The van der Waals surface area contributed by atoms with Crippen molar-refractivity contribution in [3.63, 3.8) is 0 Å². The van der Waals surface area contributed by atoms with Gasteiger partial charge in [0, 0.05) is 23.3 Å². The zero-order chi connectivity index (χ0) is 11.7. The van der Waals surface area contributed by atoms with Crippen molar-refractivity contribution in [1.82, 2.24) is 9.78 Å². The molecule has 4 heteroatoms. The maximum atomic E-state index is 10.3. The third kappa shape index (κ3) is 2.03. The molecule has 84 valence electrons. The van der Waals surface area contributed by atoms with Crippen LogP contribution in [0.25, 0.3) is 0 Å². The van der Waals surface area contributed by atoms with Gasteiger partial charge in [0.1, 0.15) is 6.10 Å². The molecule has 1 unspecified atom stereocenters. The van der Waals surface area contributed by atoms with Gasteiger partial charge in [-0.1, -0.05) is 33.6 Å². The molecular weight excluding hydrogens is 268 g/mol. The molecule has 1 heterocycles. The van der Waals surface area contributed by atoms with Gasteiger partial charge >= 0.3 is 0 Å². The SMILES string of the molecule is Cc1ccc(Br)c(C(O)c2ccnn2C)c1. The number of hydrogen-bond acceptors (Lipinski definition) is 2. The molecule has 16 heavy (non-hydrogen) atoms. The second kappa shape index (κ2) is 4.39. The van der Waals surface area contributed by atoms with Crippen molar-refractivity contribution in [3.8, 4) is 0 Å². The number of halogens is 1. The number of hydrogen-bond donors (Lipinski definition) is 1. The Balaban J connectivity index is 2.45. The van der Waals surface area contributed by atoms with Gasteiger partial charge in [0.25, 0.3) is 0 Å². The molecule has 0 bridgehead atoms. The largest absolute Gasteiger partial charge is 0.382 e. The van der Waals surface area contributed by atoms with E-state index in [-0.39, 0.29) is 0 Å². The van der Waals surface area contributed by atoms with Crippen molar-refractivity contribution in [3.05, 3.63) is 51.8 Å². The third-order valence-corrected chi connectivity index (χ3v) is 3.31. The Kier molecular flexibility index (Phi) is 3.12. The Labute approximate surface area is 103 Å². The Bertz CT molecular complexity index is 507. The van der Waals surface area contributed by atoms with Gasteiger partial charge in [-0.15, -0.1) is 0 Å². The smallest absolute Gasteiger partial charge is 0.122 e. The van der Waals surface area contributed by atoms with Crippen LogP contribution in [-0.4, -0.2) is 14.9 Å². The van der Waals surface area contributed by atoms with Crippen LogP contribution in [0.4, 0.5) is 0 Å². The highest BCUT2D eigenvalue weighted by atomic mass is 79.9. The quantitative estimate of drug-likeness (QED) is 0.918. The van der Waals surface area contributed by atoms with Gasteiger partial charge in [0.2, 0.25) is 0 Å². The first kappa shape index (κ1) is 11.4. The minimum absolute atomic E-state index is 0.651. The summed E-state index contributed by atoms with van der Waals surface area (Å²) in [6.45, 7) is 2.01. The van der Waals surface area contributed by atoms with E-state index in [0.717, 1.165) is 21.3 Å². The summed E-state index contributed by atoms with van der Waals surface area (Å²) in [5, 5.41) is 14.3. The highest BCUT2D eigenvalue weighted by Crippen LogP contribution is 2.28. The van der Waals surface area contributed by atoms with Crippen LogP contribution in [0.3, 0.4) is 0 Å². The number of aliphatic hydroxyl groups is 1. The third-order valence-electron chi connectivity index (χ3n) is 2.59. The van der Waals surface area contributed by atoms with E-state index in [4.69, 9.17) is 0 Å². The van der Waals surface area contributed by atoms with Crippen LogP contribution in [0.5, 0.6) is 0 Å². The fourth-order valence-corrected chi connectivity index (χ4v) is 2.15. The first-order valence-electron chi connectivity index (χ1n) is 5.01. The number of aliphatic hydroxyl groups excluding tert-OH is 1.